The van der Waals surface area contributed by atoms with Crippen LogP contribution in [-0.2, 0) is 19.7 Å². The van der Waals surface area contributed by atoms with Crippen LogP contribution in [0.5, 0.6) is 0 Å². The summed E-state index contributed by atoms with van der Waals surface area (Å²) in [4.78, 5) is 42.3. The van der Waals surface area contributed by atoms with Gasteiger partial charge in [-0.15, -0.1) is 11.3 Å². The lowest BCUT2D eigenvalue weighted by molar-refractivity contribution is -0.141. The van der Waals surface area contributed by atoms with Crippen molar-refractivity contribution in [3.05, 3.63) is 41.0 Å². The van der Waals surface area contributed by atoms with Crippen LogP contribution in [0.4, 0.5) is 10.9 Å². The summed E-state index contributed by atoms with van der Waals surface area (Å²) in [6.07, 6.45) is 0.299. The minimum Gasteiger partial charge on any atom is -0.453 e. The third-order valence-electron chi connectivity index (χ3n) is 5.10. The molecule has 4 aromatic rings. The molecule has 0 aliphatic heterocycles. The molecule has 0 spiro atoms. The number of rotatable bonds is 8. The van der Waals surface area contributed by atoms with Crippen molar-refractivity contribution < 1.29 is 18.8 Å². The van der Waals surface area contributed by atoms with Crippen LogP contribution >= 0.6 is 11.3 Å². The minimum atomic E-state index is -1.11. The Morgan fingerprint density at radius 3 is 2.69 bits per heavy atom. The summed E-state index contributed by atoms with van der Waals surface area (Å²) in [5.41, 5.74) is 2.15. The van der Waals surface area contributed by atoms with E-state index < -0.39 is 12.0 Å². The molecule has 12 heteroatoms. The maximum absolute atomic E-state index is 12.9. The number of aryl methyl sites for hydroxylation is 2. The molecular formula is C23H25N7O4S. The van der Waals surface area contributed by atoms with Crippen LogP contribution in [0.15, 0.2) is 29.0 Å². The highest BCUT2D eigenvalue weighted by atomic mass is 32.1. The number of benzene rings is 1. The van der Waals surface area contributed by atoms with E-state index in [0.717, 1.165) is 16.1 Å². The van der Waals surface area contributed by atoms with E-state index in [1.807, 2.05) is 25.1 Å². The monoisotopic (exact) mass is 495 g/mol. The van der Waals surface area contributed by atoms with E-state index >= 15 is 0 Å². The summed E-state index contributed by atoms with van der Waals surface area (Å²) >= 11 is 1.40. The summed E-state index contributed by atoms with van der Waals surface area (Å²) in [5, 5.41) is 10.9. The van der Waals surface area contributed by atoms with Crippen molar-refractivity contribution in [2.75, 3.05) is 17.2 Å². The highest BCUT2D eigenvalue weighted by molar-refractivity contribution is 7.16. The van der Waals surface area contributed by atoms with Gasteiger partial charge in [-0.2, -0.15) is 4.98 Å². The average molecular weight is 496 g/mol. The Labute approximate surface area is 205 Å². The summed E-state index contributed by atoms with van der Waals surface area (Å²) in [6, 6.07) is 5.47. The van der Waals surface area contributed by atoms with E-state index in [4.69, 9.17) is 9.26 Å². The highest BCUT2D eigenvalue weighted by Gasteiger charge is 2.25. The van der Waals surface area contributed by atoms with Crippen molar-refractivity contribution in [2.45, 2.75) is 46.1 Å². The van der Waals surface area contributed by atoms with Gasteiger partial charge in [0.2, 0.25) is 11.7 Å². The Morgan fingerprint density at radius 2 is 2.03 bits per heavy atom. The third kappa shape index (κ3) is 5.43. The molecule has 3 heterocycles. The van der Waals surface area contributed by atoms with Crippen LogP contribution in [0.1, 0.15) is 37.2 Å². The van der Waals surface area contributed by atoms with E-state index in [0.29, 0.717) is 33.6 Å². The first-order valence-electron chi connectivity index (χ1n) is 10.8. The van der Waals surface area contributed by atoms with E-state index in [9.17, 15) is 9.59 Å². The number of carbonyl (C=O) groups is 2. The van der Waals surface area contributed by atoms with Crippen molar-refractivity contribution in [1.29, 1.82) is 0 Å². The molecule has 0 aliphatic rings. The van der Waals surface area contributed by atoms with Gasteiger partial charge in [0.15, 0.2) is 11.2 Å². The van der Waals surface area contributed by atoms with E-state index in [1.54, 1.807) is 6.92 Å². The second-order valence-corrected chi connectivity index (χ2v) is 9.86. The molecule has 11 nitrogen and oxygen atoms in total. The van der Waals surface area contributed by atoms with E-state index in [1.165, 1.54) is 17.7 Å². The van der Waals surface area contributed by atoms with Gasteiger partial charge >= 0.3 is 0 Å². The topological polar surface area (TPSA) is 145 Å². The molecule has 4 rings (SSSR count). The van der Waals surface area contributed by atoms with Gasteiger partial charge in [0.25, 0.3) is 12.4 Å². The van der Waals surface area contributed by atoms with Crippen molar-refractivity contribution in [2.24, 2.45) is 0 Å². The predicted molar refractivity (Wildman–Crippen MR) is 131 cm³/mol. The molecular weight excluding hydrogens is 470 g/mol. The molecule has 0 aliphatic carbocycles. The molecule has 0 radical (unpaired) electrons. The van der Waals surface area contributed by atoms with Crippen LogP contribution in [0, 0.1) is 13.8 Å². The van der Waals surface area contributed by atoms with Crippen molar-refractivity contribution in [3.8, 4) is 11.4 Å². The average Bonchev–Trinajstić information content (AvgIpc) is 3.41. The summed E-state index contributed by atoms with van der Waals surface area (Å²) in [6.45, 7) is 10.1. The molecule has 1 amide bonds. The molecule has 0 fully saturated rings. The number of hydrogen-bond donors (Lipinski definition) is 2. The highest BCUT2D eigenvalue weighted by Crippen LogP contribution is 2.33. The number of ether oxygens (including phenoxy) is 1. The number of carbonyl (C=O) groups excluding carboxylic acids is 2. The van der Waals surface area contributed by atoms with Gasteiger partial charge in [-0.25, -0.2) is 15.0 Å². The fraction of sp³-hybridized carbons (Fsp3) is 0.348. The minimum absolute atomic E-state index is 0.0152. The quantitative estimate of drug-likeness (QED) is 0.347. The molecule has 0 saturated heterocycles. The first-order valence-corrected chi connectivity index (χ1v) is 11.6. The number of fused-ring (bicyclic) bond motifs is 1. The number of nitrogens with one attached hydrogen (secondary N) is 2. The first-order chi connectivity index (χ1) is 16.7. The molecule has 1 unspecified atom stereocenters. The van der Waals surface area contributed by atoms with Crippen molar-refractivity contribution >= 4 is 45.6 Å². The maximum atomic E-state index is 12.9. The van der Waals surface area contributed by atoms with Crippen LogP contribution < -0.4 is 10.6 Å². The largest absolute Gasteiger partial charge is 0.453 e. The lowest BCUT2D eigenvalue weighted by Crippen LogP contribution is -2.36. The maximum Gasteiger partial charge on any atom is 0.293 e. The number of amides is 1. The normalized spacial score (nSPS) is 12.4. The number of thiazole rings is 1. The Kier molecular flexibility index (Phi) is 6.74. The van der Waals surface area contributed by atoms with Gasteiger partial charge in [0.05, 0.1) is 17.8 Å². The molecule has 182 valence electrons. The molecule has 3 aromatic heterocycles. The predicted octanol–water partition coefficient (Wildman–Crippen LogP) is 3.64. The second-order valence-electron chi connectivity index (χ2n) is 8.87. The third-order valence-corrected chi connectivity index (χ3v) is 6.59. The number of anilines is 2. The zero-order chi connectivity index (χ0) is 25.2. The van der Waals surface area contributed by atoms with Gasteiger partial charge in [-0.3, -0.25) is 14.9 Å². The first kappa shape index (κ1) is 24.2. The van der Waals surface area contributed by atoms with Gasteiger partial charge in [0.1, 0.15) is 12.1 Å². The number of hydrogen-bond acceptors (Lipinski definition) is 11. The molecule has 0 saturated carbocycles. The molecule has 0 bridgehead atoms. The summed E-state index contributed by atoms with van der Waals surface area (Å²) in [7, 11) is 0. The molecule has 1 atom stereocenters. The van der Waals surface area contributed by atoms with Crippen molar-refractivity contribution in [1.82, 2.24) is 25.1 Å². The summed E-state index contributed by atoms with van der Waals surface area (Å²) < 4.78 is 10.1. The zero-order valence-corrected chi connectivity index (χ0v) is 20.8. The fourth-order valence-electron chi connectivity index (χ4n) is 3.54. The van der Waals surface area contributed by atoms with Gasteiger partial charge in [-0.1, -0.05) is 25.9 Å². The Balaban J connectivity index is 1.52. The van der Waals surface area contributed by atoms with E-state index in [-0.39, 0.29) is 18.4 Å². The Bertz CT molecular complexity index is 1380. The van der Waals surface area contributed by atoms with Crippen LogP contribution in [0.25, 0.3) is 22.3 Å². The summed E-state index contributed by atoms with van der Waals surface area (Å²) in [5.74, 6) is 0.853. The smallest absolute Gasteiger partial charge is 0.293 e. The molecule has 35 heavy (non-hydrogen) atoms. The lowest BCUT2D eigenvalue weighted by Gasteiger charge is -2.17. The Morgan fingerprint density at radius 1 is 1.23 bits per heavy atom. The van der Waals surface area contributed by atoms with Crippen LogP contribution in [0.2, 0.25) is 0 Å². The standard InChI is InChI=1S/C23H25N7O4S/c1-12-18(23(3,4)5)35-22(27-12)29-21(32)17(33-11-31)9-24-20-15-8-14(19-28-13(2)34-30-19)6-7-16(15)25-10-26-20/h6-8,10-11,17H,9H2,1-5H3,(H,24,25,26)(H,27,29,32). The second kappa shape index (κ2) is 9.74. The van der Waals surface area contributed by atoms with Crippen LogP contribution in [0.3, 0.4) is 0 Å². The molecule has 1 aromatic carbocycles. The molecule has 2 N–H and O–H groups in total. The zero-order valence-electron chi connectivity index (χ0n) is 19.9. The van der Waals surface area contributed by atoms with E-state index in [2.05, 4.69) is 56.5 Å². The fourth-order valence-corrected chi connectivity index (χ4v) is 4.57. The van der Waals surface area contributed by atoms with Gasteiger partial charge in [0, 0.05) is 22.8 Å². The van der Waals surface area contributed by atoms with Crippen molar-refractivity contribution in [3.63, 3.8) is 0 Å². The van der Waals surface area contributed by atoms with Gasteiger partial charge < -0.3 is 14.6 Å². The Hall–Kier alpha value is -3.93. The number of aromatic nitrogens is 5. The SMILES string of the molecule is Cc1nc(-c2ccc3ncnc(NCC(OC=O)C(=O)Nc4nc(C)c(C(C)(C)C)s4)c3c2)no1. The lowest BCUT2D eigenvalue weighted by atomic mass is 9.94. The van der Waals surface area contributed by atoms with Crippen LogP contribution in [-0.4, -0.2) is 50.1 Å². The number of nitrogens with zero attached hydrogens (tertiary/aromatic N) is 5. The van der Waals surface area contributed by atoms with Gasteiger partial charge in [-0.05, 0) is 30.5 Å².